The van der Waals surface area contributed by atoms with Crippen LogP contribution in [0.5, 0.6) is 0 Å². The highest BCUT2D eigenvalue weighted by Crippen LogP contribution is 2.23. The molecule has 1 saturated heterocycles. The summed E-state index contributed by atoms with van der Waals surface area (Å²) in [4.78, 5) is 12.9. The summed E-state index contributed by atoms with van der Waals surface area (Å²) < 4.78 is 11.0. The van der Waals surface area contributed by atoms with Gasteiger partial charge in [0.2, 0.25) is 5.91 Å². The number of aliphatic hydroxyl groups excluding tert-OH is 7. The van der Waals surface area contributed by atoms with E-state index in [1.54, 1.807) is 0 Å². The monoisotopic (exact) mass is 661 g/mol. The van der Waals surface area contributed by atoms with Crippen molar-refractivity contribution in [1.82, 2.24) is 5.32 Å². The summed E-state index contributed by atoms with van der Waals surface area (Å²) in [5.41, 5.74) is 0. The van der Waals surface area contributed by atoms with E-state index >= 15 is 0 Å². The Morgan fingerprint density at radius 2 is 1.28 bits per heavy atom. The maximum absolute atomic E-state index is 12.9. The molecule has 1 rings (SSSR count). The molecular formula is C35H67NO10. The van der Waals surface area contributed by atoms with Crippen molar-refractivity contribution in [3.05, 3.63) is 12.2 Å². The first-order valence-corrected chi connectivity index (χ1v) is 18.1. The van der Waals surface area contributed by atoms with Crippen LogP contribution in [0.25, 0.3) is 0 Å². The predicted octanol–water partition coefficient (Wildman–Crippen LogP) is 3.38. The predicted molar refractivity (Wildman–Crippen MR) is 178 cm³/mol. The van der Waals surface area contributed by atoms with E-state index in [0.717, 1.165) is 32.1 Å². The van der Waals surface area contributed by atoms with Gasteiger partial charge in [0, 0.05) is 0 Å². The lowest BCUT2D eigenvalue weighted by Gasteiger charge is -2.40. The summed E-state index contributed by atoms with van der Waals surface area (Å²) in [5, 5.41) is 74.8. The Morgan fingerprint density at radius 3 is 1.87 bits per heavy atom. The van der Waals surface area contributed by atoms with E-state index in [-0.39, 0.29) is 6.42 Å². The highest BCUT2D eigenvalue weighted by atomic mass is 16.7. The number of allylic oxidation sites excluding steroid dienone is 2. The lowest BCUT2D eigenvalue weighted by Crippen LogP contribution is -2.60. The standard InChI is InChI=1S/C35H67NO10/c1-3-5-7-9-11-13-14-15-17-18-20-22-27(38)30(40)26(25-45-35-33(43)32(42)31(41)29(24-37)46-35)36-34(44)28(39)23-21-19-16-12-10-8-6-4-2/h16,19,26-33,35,37-43H,3-15,17-18,20-25H2,1-2H3,(H,36,44)/b19-16-. The molecule has 11 heteroatoms. The average Bonchev–Trinajstić information content (AvgIpc) is 3.05. The molecule has 1 heterocycles. The number of carbonyl (C=O) groups excluding carboxylic acids is 1. The normalized spacial score (nSPS) is 24.6. The van der Waals surface area contributed by atoms with Crippen molar-refractivity contribution < 1.29 is 50.0 Å². The van der Waals surface area contributed by atoms with Gasteiger partial charge in [-0.1, -0.05) is 116 Å². The maximum Gasteiger partial charge on any atom is 0.249 e. The van der Waals surface area contributed by atoms with Gasteiger partial charge in [-0.25, -0.2) is 0 Å². The minimum atomic E-state index is -1.66. The van der Waals surface area contributed by atoms with Crippen molar-refractivity contribution in [1.29, 1.82) is 0 Å². The molecule has 8 N–H and O–H groups in total. The second-order valence-corrected chi connectivity index (χ2v) is 12.9. The third kappa shape index (κ3) is 17.8. The number of nitrogens with one attached hydrogen (secondary N) is 1. The molecule has 272 valence electrons. The zero-order chi connectivity index (χ0) is 34.2. The summed E-state index contributed by atoms with van der Waals surface area (Å²) in [5.74, 6) is -0.736. The number of unbranched alkanes of at least 4 members (excludes halogenated alkanes) is 14. The molecule has 11 nitrogen and oxygen atoms in total. The highest BCUT2D eigenvalue weighted by Gasteiger charge is 2.44. The molecule has 0 spiro atoms. The van der Waals surface area contributed by atoms with Crippen LogP contribution in [0.3, 0.4) is 0 Å². The summed E-state index contributed by atoms with van der Waals surface area (Å²) in [6.45, 7) is 3.30. The van der Waals surface area contributed by atoms with Gasteiger partial charge in [-0.3, -0.25) is 4.79 Å². The molecule has 0 aliphatic carbocycles. The minimum Gasteiger partial charge on any atom is -0.394 e. The molecule has 0 radical (unpaired) electrons. The van der Waals surface area contributed by atoms with Crippen LogP contribution in [0.4, 0.5) is 0 Å². The maximum atomic E-state index is 12.9. The summed E-state index contributed by atoms with van der Waals surface area (Å²) in [6.07, 6.45) is 11.7. The van der Waals surface area contributed by atoms with Gasteiger partial charge in [0.25, 0.3) is 0 Å². The molecule has 1 aliphatic heterocycles. The molecule has 0 aromatic rings. The van der Waals surface area contributed by atoms with Gasteiger partial charge in [0.15, 0.2) is 6.29 Å². The molecule has 9 atom stereocenters. The van der Waals surface area contributed by atoms with Crippen LogP contribution in [0.15, 0.2) is 12.2 Å². The van der Waals surface area contributed by atoms with E-state index in [0.29, 0.717) is 19.3 Å². The Hall–Kier alpha value is -1.15. The quantitative estimate of drug-likeness (QED) is 0.0456. The van der Waals surface area contributed by atoms with Crippen molar-refractivity contribution >= 4 is 5.91 Å². The first-order chi connectivity index (χ1) is 22.2. The Labute approximate surface area is 277 Å². The zero-order valence-electron chi connectivity index (χ0n) is 28.6. The fourth-order valence-corrected chi connectivity index (χ4v) is 5.67. The number of carbonyl (C=O) groups is 1. The van der Waals surface area contributed by atoms with Crippen LogP contribution in [0.2, 0.25) is 0 Å². The average molecular weight is 662 g/mol. The fraction of sp³-hybridized carbons (Fsp3) is 0.914. The van der Waals surface area contributed by atoms with Gasteiger partial charge in [-0.05, 0) is 32.1 Å². The molecule has 0 bridgehead atoms. The lowest BCUT2D eigenvalue weighted by atomic mass is 9.98. The molecule has 0 saturated carbocycles. The Bertz CT molecular complexity index is 770. The Balaban J connectivity index is 2.64. The lowest BCUT2D eigenvalue weighted by molar-refractivity contribution is -0.303. The van der Waals surface area contributed by atoms with E-state index in [9.17, 15) is 40.5 Å². The van der Waals surface area contributed by atoms with Crippen LogP contribution in [-0.2, 0) is 14.3 Å². The molecule has 1 fully saturated rings. The number of hydrogen-bond donors (Lipinski definition) is 8. The topological polar surface area (TPSA) is 189 Å². The number of ether oxygens (including phenoxy) is 2. The van der Waals surface area contributed by atoms with Gasteiger partial charge in [0.1, 0.15) is 36.6 Å². The van der Waals surface area contributed by atoms with Crippen molar-refractivity contribution in [2.75, 3.05) is 13.2 Å². The molecular weight excluding hydrogens is 594 g/mol. The van der Waals surface area contributed by atoms with E-state index in [2.05, 4.69) is 19.2 Å². The van der Waals surface area contributed by atoms with Crippen LogP contribution < -0.4 is 5.32 Å². The van der Waals surface area contributed by atoms with E-state index in [4.69, 9.17) is 9.47 Å². The molecule has 46 heavy (non-hydrogen) atoms. The van der Waals surface area contributed by atoms with Gasteiger partial charge < -0.3 is 50.5 Å². The zero-order valence-corrected chi connectivity index (χ0v) is 28.6. The molecule has 9 unspecified atom stereocenters. The third-order valence-corrected chi connectivity index (χ3v) is 8.83. The summed E-state index contributed by atoms with van der Waals surface area (Å²) in [7, 11) is 0. The number of aliphatic hydroxyl groups is 7. The van der Waals surface area contributed by atoms with E-state index in [1.807, 2.05) is 12.2 Å². The number of hydrogen-bond acceptors (Lipinski definition) is 10. The summed E-state index contributed by atoms with van der Waals surface area (Å²) >= 11 is 0. The van der Waals surface area contributed by atoms with Gasteiger partial charge in [0.05, 0.1) is 25.4 Å². The number of amides is 1. The highest BCUT2D eigenvalue weighted by molar-refractivity contribution is 5.80. The van der Waals surface area contributed by atoms with E-state index in [1.165, 1.54) is 64.2 Å². The first-order valence-electron chi connectivity index (χ1n) is 18.1. The second-order valence-electron chi connectivity index (χ2n) is 12.9. The van der Waals surface area contributed by atoms with Crippen LogP contribution in [0, 0.1) is 0 Å². The Kier molecular flexibility index (Phi) is 24.9. The Morgan fingerprint density at radius 1 is 0.739 bits per heavy atom. The first kappa shape index (κ1) is 42.9. The largest absolute Gasteiger partial charge is 0.394 e. The third-order valence-electron chi connectivity index (χ3n) is 8.83. The van der Waals surface area contributed by atoms with Gasteiger partial charge in [-0.15, -0.1) is 0 Å². The van der Waals surface area contributed by atoms with Gasteiger partial charge >= 0.3 is 0 Å². The SMILES string of the molecule is CCCCCC/C=C\CCC(O)C(=O)NC(COC1OC(CO)C(O)C(O)C1O)C(O)C(O)CCCCCCCCCCCCC. The molecule has 0 aromatic carbocycles. The van der Waals surface area contributed by atoms with Crippen molar-refractivity contribution in [2.24, 2.45) is 0 Å². The smallest absolute Gasteiger partial charge is 0.249 e. The summed E-state index contributed by atoms with van der Waals surface area (Å²) in [6, 6.07) is -1.17. The van der Waals surface area contributed by atoms with Crippen molar-refractivity contribution in [3.63, 3.8) is 0 Å². The number of rotatable bonds is 28. The molecule has 1 aliphatic rings. The van der Waals surface area contributed by atoms with Crippen molar-refractivity contribution in [2.45, 2.75) is 191 Å². The van der Waals surface area contributed by atoms with Crippen LogP contribution in [-0.4, -0.2) is 110 Å². The van der Waals surface area contributed by atoms with Crippen LogP contribution in [0.1, 0.15) is 136 Å². The molecule has 0 aromatic heterocycles. The minimum absolute atomic E-state index is 0.176. The van der Waals surface area contributed by atoms with Gasteiger partial charge in [-0.2, -0.15) is 0 Å². The second kappa shape index (κ2) is 26.8. The van der Waals surface area contributed by atoms with E-state index < -0.39 is 74.2 Å². The van der Waals surface area contributed by atoms with Crippen LogP contribution >= 0.6 is 0 Å². The molecule has 1 amide bonds. The van der Waals surface area contributed by atoms with Crippen molar-refractivity contribution in [3.8, 4) is 0 Å². The fourth-order valence-electron chi connectivity index (χ4n) is 5.67.